The first kappa shape index (κ1) is 21.4. The number of benzene rings is 2. The minimum absolute atomic E-state index is 0.291. The van der Waals surface area contributed by atoms with Crippen LogP contribution in [0.15, 0.2) is 54.7 Å². The van der Waals surface area contributed by atoms with Gasteiger partial charge in [0, 0.05) is 42.3 Å². The molecule has 0 aliphatic carbocycles. The second-order valence-corrected chi connectivity index (χ2v) is 7.78. The summed E-state index contributed by atoms with van der Waals surface area (Å²) >= 11 is 0. The van der Waals surface area contributed by atoms with E-state index in [2.05, 4.69) is 4.98 Å². The Labute approximate surface area is 185 Å². The molecule has 0 spiro atoms. The van der Waals surface area contributed by atoms with Gasteiger partial charge in [-0.3, -0.25) is 14.4 Å². The van der Waals surface area contributed by atoms with Gasteiger partial charge in [0.1, 0.15) is 11.8 Å². The van der Waals surface area contributed by atoms with Gasteiger partial charge in [-0.15, -0.1) is 0 Å². The Morgan fingerprint density at radius 3 is 2.66 bits per heavy atom. The third-order valence-electron chi connectivity index (χ3n) is 5.86. The first-order valence-corrected chi connectivity index (χ1v) is 10.5. The number of ether oxygens (including phenoxy) is 1. The molecule has 8 nitrogen and oxygen atoms in total. The summed E-state index contributed by atoms with van der Waals surface area (Å²) in [4.78, 5) is 43.8. The van der Waals surface area contributed by atoms with E-state index in [1.165, 1.54) is 4.90 Å². The summed E-state index contributed by atoms with van der Waals surface area (Å²) in [6.07, 6.45) is 2.10. The molecule has 2 aromatic carbocycles. The van der Waals surface area contributed by atoms with Crippen LogP contribution in [0, 0.1) is 0 Å². The van der Waals surface area contributed by atoms with Crippen molar-refractivity contribution < 1.29 is 24.2 Å². The van der Waals surface area contributed by atoms with E-state index in [0.29, 0.717) is 31.6 Å². The van der Waals surface area contributed by atoms with Gasteiger partial charge in [0.2, 0.25) is 5.91 Å². The topological polar surface area (TPSA) is 103 Å². The number of methoxy groups -OCH3 is 1. The van der Waals surface area contributed by atoms with Crippen molar-refractivity contribution in [3.05, 3.63) is 65.9 Å². The van der Waals surface area contributed by atoms with Gasteiger partial charge >= 0.3 is 5.97 Å². The van der Waals surface area contributed by atoms with E-state index in [-0.39, 0.29) is 11.8 Å². The standard InChI is InChI=1S/C24H25N3O5/c1-32-18-7-8-20-19(13-18)17(15-25-20)9-10-26-11-12-27(21(24(26)31)14-22(28)29)23(30)16-5-3-2-4-6-16/h2-8,13,15,21,25H,9-12,14H2,1H3,(H,28,29). The number of rotatable bonds is 7. The van der Waals surface area contributed by atoms with Crippen LogP contribution < -0.4 is 4.74 Å². The van der Waals surface area contributed by atoms with Crippen molar-refractivity contribution in [2.24, 2.45) is 0 Å². The molecule has 0 saturated carbocycles. The van der Waals surface area contributed by atoms with Crippen LogP contribution in [-0.2, 0) is 16.0 Å². The minimum atomic E-state index is -1.11. The van der Waals surface area contributed by atoms with Crippen molar-refractivity contribution in [3.63, 3.8) is 0 Å². The first-order chi connectivity index (χ1) is 15.5. The quantitative estimate of drug-likeness (QED) is 0.594. The van der Waals surface area contributed by atoms with E-state index in [0.717, 1.165) is 22.2 Å². The zero-order chi connectivity index (χ0) is 22.7. The molecule has 3 aromatic rings. The van der Waals surface area contributed by atoms with Gasteiger partial charge in [0.15, 0.2) is 0 Å². The van der Waals surface area contributed by atoms with E-state index in [9.17, 15) is 19.5 Å². The molecule has 2 N–H and O–H groups in total. The maximum absolute atomic E-state index is 13.2. The molecule has 1 fully saturated rings. The largest absolute Gasteiger partial charge is 0.497 e. The van der Waals surface area contributed by atoms with Crippen LogP contribution in [0.4, 0.5) is 0 Å². The number of piperazine rings is 1. The number of hydrogen-bond acceptors (Lipinski definition) is 4. The summed E-state index contributed by atoms with van der Waals surface area (Å²) in [7, 11) is 1.62. The number of carbonyl (C=O) groups is 3. The summed E-state index contributed by atoms with van der Waals surface area (Å²) in [6, 6.07) is 13.4. The monoisotopic (exact) mass is 435 g/mol. The number of carboxylic acids is 1. The molecule has 1 saturated heterocycles. The van der Waals surface area contributed by atoms with Crippen molar-refractivity contribution in [2.75, 3.05) is 26.7 Å². The minimum Gasteiger partial charge on any atom is -0.497 e. The fraction of sp³-hybridized carbons (Fsp3) is 0.292. The smallest absolute Gasteiger partial charge is 0.305 e. The Balaban J connectivity index is 1.50. The van der Waals surface area contributed by atoms with Crippen LogP contribution in [-0.4, -0.2) is 70.5 Å². The second kappa shape index (κ2) is 9.13. The van der Waals surface area contributed by atoms with Gasteiger partial charge in [0.05, 0.1) is 13.5 Å². The molecule has 1 atom stereocenters. The van der Waals surface area contributed by atoms with E-state index in [1.54, 1.807) is 42.3 Å². The molecule has 1 unspecified atom stereocenters. The van der Waals surface area contributed by atoms with Crippen LogP contribution in [0.5, 0.6) is 5.75 Å². The Morgan fingerprint density at radius 2 is 1.94 bits per heavy atom. The Morgan fingerprint density at radius 1 is 1.16 bits per heavy atom. The molecule has 2 heterocycles. The molecule has 2 amide bonds. The molecular weight excluding hydrogens is 410 g/mol. The lowest BCUT2D eigenvalue weighted by atomic mass is 10.0. The number of aromatic nitrogens is 1. The molecule has 1 aliphatic rings. The number of nitrogens with one attached hydrogen (secondary N) is 1. The van der Waals surface area contributed by atoms with Gasteiger partial charge in [-0.25, -0.2) is 0 Å². The predicted octanol–water partition coefficient (Wildman–Crippen LogP) is 2.55. The summed E-state index contributed by atoms with van der Waals surface area (Å²) in [5.74, 6) is -1.02. The average Bonchev–Trinajstić information content (AvgIpc) is 3.21. The fourth-order valence-corrected chi connectivity index (χ4v) is 4.16. The first-order valence-electron chi connectivity index (χ1n) is 10.5. The highest BCUT2D eigenvalue weighted by molar-refractivity contribution is 5.99. The highest BCUT2D eigenvalue weighted by Gasteiger charge is 2.38. The van der Waals surface area contributed by atoms with Gasteiger partial charge in [0.25, 0.3) is 5.91 Å². The molecule has 0 radical (unpaired) electrons. The van der Waals surface area contributed by atoms with Crippen LogP contribution in [0.2, 0.25) is 0 Å². The molecular formula is C24H25N3O5. The lowest BCUT2D eigenvalue weighted by molar-refractivity contribution is -0.147. The van der Waals surface area contributed by atoms with Crippen molar-refractivity contribution in [2.45, 2.75) is 18.9 Å². The summed E-state index contributed by atoms with van der Waals surface area (Å²) in [5.41, 5.74) is 2.47. The van der Waals surface area contributed by atoms with E-state index in [1.807, 2.05) is 24.4 Å². The number of aromatic amines is 1. The normalized spacial score (nSPS) is 16.4. The van der Waals surface area contributed by atoms with Crippen LogP contribution in [0.3, 0.4) is 0 Å². The zero-order valence-electron chi connectivity index (χ0n) is 17.8. The molecule has 1 aliphatic heterocycles. The van der Waals surface area contributed by atoms with Crippen molar-refractivity contribution >= 4 is 28.7 Å². The summed E-state index contributed by atoms with van der Waals surface area (Å²) in [6.45, 7) is 1.09. The molecule has 32 heavy (non-hydrogen) atoms. The average molecular weight is 435 g/mol. The highest BCUT2D eigenvalue weighted by Crippen LogP contribution is 2.25. The molecule has 4 rings (SSSR count). The van der Waals surface area contributed by atoms with Crippen molar-refractivity contribution in [1.82, 2.24) is 14.8 Å². The van der Waals surface area contributed by atoms with Gasteiger partial charge in [-0.2, -0.15) is 0 Å². The van der Waals surface area contributed by atoms with Crippen molar-refractivity contribution in [1.29, 1.82) is 0 Å². The fourth-order valence-electron chi connectivity index (χ4n) is 4.16. The van der Waals surface area contributed by atoms with Gasteiger partial charge < -0.3 is 24.6 Å². The Hall–Kier alpha value is -3.81. The number of fused-ring (bicyclic) bond motifs is 1. The number of H-pyrrole nitrogens is 1. The Kier molecular flexibility index (Phi) is 6.11. The van der Waals surface area contributed by atoms with Crippen LogP contribution in [0.25, 0.3) is 10.9 Å². The maximum atomic E-state index is 13.2. The molecule has 0 bridgehead atoms. The van der Waals surface area contributed by atoms with Crippen molar-refractivity contribution in [3.8, 4) is 5.75 Å². The number of aliphatic carboxylic acids is 1. The third-order valence-corrected chi connectivity index (χ3v) is 5.86. The number of carbonyl (C=O) groups excluding carboxylic acids is 2. The second-order valence-electron chi connectivity index (χ2n) is 7.78. The highest BCUT2D eigenvalue weighted by atomic mass is 16.5. The molecule has 8 heteroatoms. The molecule has 166 valence electrons. The third kappa shape index (κ3) is 4.30. The predicted molar refractivity (Wildman–Crippen MR) is 119 cm³/mol. The lowest BCUT2D eigenvalue weighted by Gasteiger charge is -2.40. The number of nitrogens with zero attached hydrogens (tertiary/aromatic N) is 2. The SMILES string of the molecule is COc1ccc2[nH]cc(CCN3CCN(C(=O)c4ccccc4)C(CC(=O)O)C3=O)c2c1. The van der Waals surface area contributed by atoms with Crippen LogP contribution in [0.1, 0.15) is 22.3 Å². The summed E-state index contributed by atoms with van der Waals surface area (Å²) < 4.78 is 5.31. The lowest BCUT2D eigenvalue weighted by Crippen LogP contribution is -2.59. The van der Waals surface area contributed by atoms with E-state index in [4.69, 9.17) is 4.74 Å². The number of amides is 2. The maximum Gasteiger partial charge on any atom is 0.305 e. The van der Waals surface area contributed by atoms with Gasteiger partial charge in [-0.1, -0.05) is 18.2 Å². The van der Waals surface area contributed by atoms with E-state index < -0.39 is 18.4 Å². The van der Waals surface area contributed by atoms with E-state index >= 15 is 0 Å². The van der Waals surface area contributed by atoms with Crippen LogP contribution >= 0.6 is 0 Å². The number of carboxylic acid groups (broad SMARTS) is 1. The van der Waals surface area contributed by atoms with Gasteiger partial charge in [-0.05, 0) is 42.3 Å². The summed E-state index contributed by atoms with van der Waals surface area (Å²) in [5, 5.41) is 10.4. The zero-order valence-corrected chi connectivity index (χ0v) is 17.8. The number of hydrogen-bond donors (Lipinski definition) is 2. The molecule has 1 aromatic heterocycles. The Bertz CT molecular complexity index is 1140.